The van der Waals surface area contributed by atoms with Gasteiger partial charge in [0.1, 0.15) is 17.2 Å². The van der Waals surface area contributed by atoms with Crippen LogP contribution in [0.5, 0.6) is 17.2 Å². The van der Waals surface area contributed by atoms with Crippen LogP contribution >= 0.6 is 0 Å². The van der Waals surface area contributed by atoms with Crippen LogP contribution in [0.3, 0.4) is 0 Å². The van der Waals surface area contributed by atoms with Crippen molar-refractivity contribution in [1.82, 2.24) is 0 Å². The second-order valence-electron chi connectivity index (χ2n) is 6.37. The molecule has 29 heavy (non-hydrogen) atoms. The molecular formula is C24H17O4S. The molecule has 0 unspecified atom stereocenters. The number of aromatic hydroxyl groups is 1. The summed E-state index contributed by atoms with van der Waals surface area (Å²) in [5, 5.41) is 9.34. The van der Waals surface area contributed by atoms with E-state index in [1.54, 1.807) is 84.9 Å². The zero-order chi connectivity index (χ0) is 20.3. The van der Waals surface area contributed by atoms with Crippen LogP contribution in [-0.4, -0.2) is 13.5 Å². The molecule has 4 aromatic carbocycles. The molecule has 0 atom stereocenters. The van der Waals surface area contributed by atoms with Crippen molar-refractivity contribution in [1.29, 1.82) is 0 Å². The smallest absolute Gasteiger partial charge is 0.206 e. The van der Waals surface area contributed by atoms with Gasteiger partial charge in [0.15, 0.2) is 0 Å². The van der Waals surface area contributed by atoms with Crippen molar-refractivity contribution in [3.05, 3.63) is 103 Å². The van der Waals surface area contributed by atoms with Gasteiger partial charge in [0.05, 0.1) is 9.79 Å². The van der Waals surface area contributed by atoms with Crippen LogP contribution in [0.25, 0.3) is 11.1 Å². The molecule has 0 spiro atoms. The maximum Gasteiger partial charge on any atom is 0.206 e. The minimum Gasteiger partial charge on any atom is -0.508 e. The Morgan fingerprint density at radius 1 is 0.724 bits per heavy atom. The van der Waals surface area contributed by atoms with E-state index in [4.69, 9.17) is 4.74 Å². The van der Waals surface area contributed by atoms with E-state index in [2.05, 4.69) is 6.07 Å². The molecule has 4 rings (SSSR count). The number of rotatable bonds is 5. The van der Waals surface area contributed by atoms with Crippen molar-refractivity contribution in [3.63, 3.8) is 0 Å². The standard InChI is InChI=1S/C24H17O4S/c25-20-11-15-22(16-12-20)28-21-13-9-18(10-14-21)19-5-4-8-24(17-19)29(26,27)23-6-2-1-3-7-23/h1-4,6-17,25H. The Hall–Kier alpha value is -3.57. The van der Waals surface area contributed by atoms with Crippen LogP contribution in [0.4, 0.5) is 0 Å². The Morgan fingerprint density at radius 2 is 1.34 bits per heavy atom. The third kappa shape index (κ3) is 4.15. The lowest BCUT2D eigenvalue weighted by molar-refractivity contribution is 0.464. The number of sulfone groups is 1. The van der Waals surface area contributed by atoms with Gasteiger partial charge in [-0.2, -0.15) is 0 Å². The summed E-state index contributed by atoms with van der Waals surface area (Å²) in [6.07, 6.45) is 0. The molecule has 4 aromatic rings. The molecule has 4 nitrogen and oxygen atoms in total. The van der Waals surface area contributed by atoms with Gasteiger partial charge in [0.2, 0.25) is 9.84 Å². The molecule has 1 N–H and O–H groups in total. The molecular weight excluding hydrogens is 384 g/mol. The van der Waals surface area contributed by atoms with Crippen LogP contribution in [-0.2, 0) is 9.84 Å². The summed E-state index contributed by atoms with van der Waals surface area (Å²) in [6, 6.07) is 30.0. The van der Waals surface area contributed by atoms with Crippen molar-refractivity contribution >= 4 is 9.84 Å². The second-order valence-corrected chi connectivity index (χ2v) is 8.32. The Balaban J connectivity index is 1.59. The van der Waals surface area contributed by atoms with Crippen LogP contribution < -0.4 is 4.74 Å². The molecule has 0 heterocycles. The highest BCUT2D eigenvalue weighted by molar-refractivity contribution is 7.91. The molecule has 1 radical (unpaired) electrons. The van der Waals surface area contributed by atoms with Crippen molar-refractivity contribution in [3.8, 4) is 28.4 Å². The first-order valence-electron chi connectivity index (χ1n) is 8.91. The molecule has 0 bridgehead atoms. The molecule has 0 aliphatic heterocycles. The highest BCUT2D eigenvalue weighted by Crippen LogP contribution is 2.29. The molecule has 0 aromatic heterocycles. The predicted octanol–water partition coefficient (Wildman–Crippen LogP) is 5.48. The first kappa shape index (κ1) is 18.8. The first-order chi connectivity index (χ1) is 14.0. The van der Waals surface area contributed by atoms with E-state index in [1.165, 1.54) is 0 Å². The summed E-state index contributed by atoms with van der Waals surface area (Å²) in [5.41, 5.74) is 1.51. The number of hydrogen-bond donors (Lipinski definition) is 1. The van der Waals surface area contributed by atoms with E-state index in [0.717, 1.165) is 5.56 Å². The SMILES string of the molecule is O=S(=O)(c1ccccc1)c1cc[c]c(-c2ccc(Oc3ccc(O)cc3)cc2)c1. The van der Waals surface area contributed by atoms with E-state index in [9.17, 15) is 13.5 Å². The Labute approximate surface area is 169 Å². The minimum absolute atomic E-state index is 0.175. The summed E-state index contributed by atoms with van der Waals surface area (Å²) in [7, 11) is -3.59. The van der Waals surface area contributed by atoms with Gasteiger partial charge in [-0.05, 0) is 77.9 Å². The monoisotopic (exact) mass is 401 g/mol. The summed E-state index contributed by atoms with van der Waals surface area (Å²) in [4.78, 5) is 0.483. The van der Waals surface area contributed by atoms with E-state index in [1.807, 2.05) is 12.1 Å². The number of hydrogen-bond acceptors (Lipinski definition) is 4. The van der Waals surface area contributed by atoms with Crippen LogP contribution in [0, 0.1) is 6.07 Å². The predicted molar refractivity (Wildman–Crippen MR) is 111 cm³/mol. The van der Waals surface area contributed by atoms with E-state index in [0.29, 0.717) is 17.1 Å². The third-order valence-electron chi connectivity index (χ3n) is 4.37. The largest absolute Gasteiger partial charge is 0.508 e. The lowest BCUT2D eigenvalue weighted by atomic mass is 10.1. The third-order valence-corrected chi connectivity index (χ3v) is 6.14. The quantitative estimate of drug-likeness (QED) is 0.481. The maximum atomic E-state index is 12.8. The normalized spacial score (nSPS) is 11.2. The van der Waals surface area contributed by atoms with Gasteiger partial charge in [-0.1, -0.05) is 36.4 Å². The fraction of sp³-hybridized carbons (Fsp3) is 0. The number of phenols is 1. The van der Waals surface area contributed by atoms with Crippen molar-refractivity contribution in [2.75, 3.05) is 0 Å². The van der Waals surface area contributed by atoms with Gasteiger partial charge >= 0.3 is 0 Å². The van der Waals surface area contributed by atoms with Crippen molar-refractivity contribution < 1.29 is 18.3 Å². The Morgan fingerprint density at radius 3 is 2.00 bits per heavy atom. The molecule has 143 valence electrons. The topological polar surface area (TPSA) is 63.6 Å². The molecule has 5 heteroatoms. The summed E-state index contributed by atoms with van der Waals surface area (Å²) < 4.78 is 31.4. The first-order valence-corrected chi connectivity index (χ1v) is 10.4. The zero-order valence-corrected chi connectivity index (χ0v) is 16.1. The Kier molecular flexibility index (Phi) is 5.06. The highest BCUT2D eigenvalue weighted by atomic mass is 32.2. The fourth-order valence-corrected chi connectivity index (χ4v) is 4.18. The lowest BCUT2D eigenvalue weighted by Crippen LogP contribution is -2.01. The van der Waals surface area contributed by atoms with Gasteiger partial charge in [0.25, 0.3) is 0 Å². The summed E-state index contributed by atoms with van der Waals surface area (Å²) in [5.74, 6) is 1.42. The van der Waals surface area contributed by atoms with E-state index in [-0.39, 0.29) is 15.5 Å². The van der Waals surface area contributed by atoms with E-state index >= 15 is 0 Å². The lowest BCUT2D eigenvalue weighted by Gasteiger charge is -2.09. The highest BCUT2D eigenvalue weighted by Gasteiger charge is 2.17. The molecule has 0 fully saturated rings. The number of ether oxygens (including phenoxy) is 1. The molecule has 0 aliphatic rings. The maximum absolute atomic E-state index is 12.8. The molecule has 0 amide bonds. The van der Waals surface area contributed by atoms with Gasteiger partial charge in [-0.25, -0.2) is 8.42 Å². The molecule has 0 saturated carbocycles. The van der Waals surface area contributed by atoms with Gasteiger partial charge in [-0.3, -0.25) is 0 Å². The number of phenolic OH excluding ortho intramolecular Hbond substituents is 1. The minimum atomic E-state index is -3.59. The van der Waals surface area contributed by atoms with Crippen LogP contribution in [0.2, 0.25) is 0 Å². The summed E-state index contributed by atoms with van der Waals surface area (Å²) >= 11 is 0. The molecule has 0 saturated heterocycles. The average molecular weight is 401 g/mol. The average Bonchev–Trinajstić information content (AvgIpc) is 2.77. The van der Waals surface area contributed by atoms with Gasteiger partial charge < -0.3 is 9.84 Å². The van der Waals surface area contributed by atoms with E-state index < -0.39 is 9.84 Å². The number of benzene rings is 4. The zero-order valence-electron chi connectivity index (χ0n) is 15.3. The van der Waals surface area contributed by atoms with Crippen LogP contribution in [0.15, 0.2) is 107 Å². The molecule has 0 aliphatic carbocycles. The fourth-order valence-electron chi connectivity index (χ4n) is 2.87. The van der Waals surface area contributed by atoms with Crippen molar-refractivity contribution in [2.24, 2.45) is 0 Å². The second kappa shape index (κ2) is 7.81. The van der Waals surface area contributed by atoms with Gasteiger partial charge in [-0.15, -0.1) is 0 Å². The van der Waals surface area contributed by atoms with Crippen LogP contribution in [0.1, 0.15) is 0 Å². The Bertz CT molecular complexity index is 1210. The van der Waals surface area contributed by atoms with Crippen molar-refractivity contribution in [2.45, 2.75) is 9.79 Å². The summed E-state index contributed by atoms with van der Waals surface area (Å²) in [6.45, 7) is 0. The van der Waals surface area contributed by atoms with Gasteiger partial charge in [0, 0.05) is 0 Å².